The highest BCUT2D eigenvalue weighted by Gasteiger charge is 2.36. The SMILES string of the molecule is C=CCNC(=O)c1ccccc1NC(=O)CN1c2ccc(Cl)cc2-c2ccccc2S1(=O)=O. The van der Waals surface area contributed by atoms with E-state index < -0.39 is 22.5 Å². The van der Waals surface area contributed by atoms with Crippen LogP contribution in [0.3, 0.4) is 0 Å². The van der Waals surface area contributed by atoms with Crippen LogP contribution in [0.2, 0.25) is 5.02 Å². The average molecular weight is 482 g/mol. The summed E-state index contributed by atoms with van der Waals surface area (Å²) in [6.45, 7) is 3.35. The molecule has 1 aliphatic rings. The van der Waals surface area contributed by atoms with Crippen LogP contribution in [0, 0.1) is 0 Å². The molecule has 0 fully saturated rings. The number of rotatable bonds is 6. The monoisotopic (exact) mass is 481 g/mol. The summed E-state index contributed by atoms with van der Waals surface area (Å²) in [6, 6.07) is 17.9. The highest BCUT2D eigenvalue weighted by molar-refractivity contribution is 7.93. The molecule has 168 valence electrons. The van der Waals surface area contributed by atoms with Crippen LogP contribution in [-0.4, -0.2) is 33.3 Å². The molecule has 33 heavy (non-hydrogen) atoms. The molecule has 4 rings (SSSR count). The fraction of sp³-hybridized carbons (Fsp3) is 0.0833. The molecule has 0 saturated carbocycles. The lowest BCUT2D eigenvalue weighted by atomic mass is 10.0. The minimum Gasteiger partial charge on any atom is -0.349 e. The number of carbonyl (C=O) groups is 2. The second-order valence-electron chi connectivity index (χ2n) is 7.26. The maximum Gasteiger partial charge on any atom is 0.265 e. The molecule has 0 radical (unpaired) electrons. The van der Waals surface area contributed by atoms with Crippen molar-refractivity contribution in [1.82, 2.24) is 5.32 Å². The topological polar surface area (TPSA) is 95.6 Å². The van der Waals surface area contributed by atoms with Gasteiger partial charge in [-0.15, -0.1) is 6.58 Å². The number of nitrogens with zero attached hydrogens (tertiary/aromatic N) is 1. The summed E-state index contributed by atoms with van der Waals surface area (Å²) in [4.78, 5) is 25.5. The fourth-order valence-electron chi connectivity index (χ4n) is 3.64. The summed E-state index contributed by atoms with van der Waals surface area (Å²) in [5.74, 6) is -0.979. The average Bonchev–Trinajstić information content (AvgIpc) is 2.81. The Morgan fingerprint density at radius 1 is 1.00 bits per heavy atom. The van der Waals surface area contributed by atoms with Crippen molar-refractivity contribution in [3.8, 4) is 11.1 Å². The molecular weight excluding hydrogens is 462 g/mol. The minimum atomic E-state index is -4.00. The Kier molecular flexibility index (Phi) is 6.22. The van der Waals surface area contributed by atoms with E-state index >= 15 is 0 Å². The van der Waals surface area contributed by atoms with Gasteiger partial charge in [-0.25, -0.2) is 8.42 Å². The van der Waals surface area contributed by atoms with Gasteiger partial charge in [-0.2, -0.15) is 0 Å². The number of amides is 2. The smallest absolute Gasteiger partial charge is 0.265 e. The van der Waals surface area contributed by atoms with Gasteiger partial charge < -0.3 is 10.6 Å². The molecule has 9 heteroatoms. The van der Waals surface area contributed by atoms with Gasteiger partial charge in [-0.3, -0.25) is 13.9 Å². The third-order valence-electron chi connectivity index (χ3n) is 5.11. The van der Waals surface area contributed by atoms with Crippen LogP contribution in [-0.2, 0) is 14.8 Å². The van der Waals surface area contributed by atoms with Crippen LogP contribution in [0.15, 0.2) is 84.3 Å². The fourth-order valence-corrected chi connectivity index (χ4v) is 5.47. The number of anilines is 2. The predicted octanol–water partition coefficient (Wildman–Crippen LogP) is 4.07. The van der Waals surface area contributed by atoms with E-state index in [1.165, 1.54) is 6.07 Å². The van der Waals surface area contributed by atoms with E-state index in [-0.39, 0.29) is 28.6 Å². The molecule has 0 unspecified atom stereocenters. The molecule has 0 aromatic heterocycles. The highest BCUT2D eigenvalue weighted by Crippen LogP contribution is 2.43. The third-order valence-corrected chi connectivity index (χ3v) is 7.17. The molecule has 7 nitrogen and oxygen atoms in total. The number of fused-ring (bicyclic) bond motifs is 3. The Bertz CT molecular complexity index is 1370. The van der Waals surface area contributed by atoms with Gasteiger partial charge >= 0.3 is 0 Å². The number of halogens is 1. The number of hydrogen-bond donors (Lipinski definition) is 2. The molecule has 3 aromatic rings. The van der Waals surface area contributed by atoms with E-state index in [0.29, 0.717) is 21.8 Å². The number of carbonyl (C=O) groups excluding carboxylic acids is 2. The standard InChI is InChI=1S/C24H20ClN3O4S/c1-2-13-26-24(30)18-8-3-5-9-20(18)27-23(29)15-28-21-12-11-16(25)14-19(21)17-7-4-6-10-22(17)33(28,31)32/h2-12,14H,1,13,15H2,(H,26,30)(H,27,29). The van der Waals surface area contributed by atoms with E-state index in [9.17, 15) is 18.0 Å². The Morgan fingerprint density at radius 3 is 2.52 bits per heavy atom. The first-order chi connectivity index (χ1) is 15.8. The molecule has 0 bridgehead atoms. The quantitative estimate of drug-likeness (QED) is 0.519. The zero-order chi connectivity index (χ0) is 23.6. The second kappa shape index (κ2) is 9.09. The van der Waals surface area contributed by atoms with E-state index in [0.717, 1.165) is 4.31 Å². The van der Waals surface area contributed by atoms with Gasteiger partial charge in [0.15, 0.2) is 0 Å². The summed E-state index contributed by atoms with van der Waals surface area (Å²) in [7, 11) is -4.00. The van der Waals surface area contributed by atoms with Crippen LogP contribution >= 0.6 is 11.6 Å². The maximum atomic E-state index is 13.4. The van der Waals surface area contributed by atoms with Crippen molar-refractivity contribution >= 4 is 44.8 Å². The molecule has 0 aliphatic carbocycles. The Hall–Kier alpha value is -3.62. The number of sulfonamides is 1. The van der Waals surface area contributed by atoms with Crippen LogP contribution in [0.4, 0.5) is 11.4 Å². The molecule has 3 aromatic carbocycles. The van der Waals surface area contributed by atoms with E-state index in [4.69, 9.17) is 11.6 Å². The lowest BCUT2D eigenvalue weighted by Gasteiger charge is -2.31. The molecule has 0 atom stereocenters. The summed E-state index contributed by atoms with van der Waals surface area (Å²) in [5, 5.41) is 5.77. The van der Waals surface area contributed by atoms with Crippen molar-refractivity contribution in [1.29, 1.82) is 0 Å². The zero-order valence-electron chi connectivity index (χ0n) is 17.4. The minimum absolute atomic E-state index is 0.0942. The maximum absolute atomic E-state index is 13.4. The summed E-state index contributed by atoms with van der Waals surface area (Å²) in [6.07, 6.45) is 1.54. The van der Waals surface area contributed by atoms with Crippen molar-refractivity contribution in [2.45, 2.75) is 4.90 Å². The van der Waals surface area contributed by atoms with Crippen LogP contribution in [0.1, 0.15) is 10.4 Å². The van der Waals surface area contributed by atoms with Crippen molar-refractivity contribution in [3.63, 3.8) is 0 Å². The normalized spacial score (nSPS) is 13.4. The first kappa shape index (κ1) is 22.6. The molecule has 2 N–H and O–H groups in total. The number of para-hydroxylation sites is 1. The molecule has 1 aliphatic heterocycles. The number of benzene rings is 3. The van der Waals surface area contributed by atoms with E-state index in [1.54, 1.807) is 66.7 Å². The predicted molar refractivity (Wildman–Crippen MR) is 129 cm³/mol. The molecular formula is C24H20ClN3O4S. The Morgan fingerprint density at radius 2 is 1.73 bits per heavy atom. The largest absolute Gasteiger partial charge is 0.349 e. The molecule has 2 amide bonds. The summed E-state index contributed by atoms with van der Waals surface area (Å²) in [5.41, 5.74) is 2.02. The highest BCUT2D eigenvalue weighted by atomic mass is 35.5. The van der Waals surface area contributed by atoms with Crippen LogP contribution < -0.4 is 14.9 Å². The van der Waals surface area contributed by atoms with Crippen molar-refractivity contribution in [3.05, 3.63) is 90.0 Å². The lowest BCUT2D eigenvalue weighted by molar-refractivity contribution is -0.114. The summed E-state index contributed by atoms with van der Waals surface area (Å²) >= 11 is 6.17. The molecule has 0 spiro atoms. The third kappa shape index (κ3) is 4.35. The first-order valence-corrected chi connectivity index (χ1v) is 11.8. The molecule has 1 heterocycles. The van der Waals surface area contributed by atoms with E-state index in [1.807, 2.05) is 0 Å². The second-order valence-corrected chi connectivity index (χ2v) is 9.53. The Labute approximate surface area is 196 Å². The Balaban J connectivity index is 1.66. The number of hydrogen-bond acceptors (Lipinski definition) is 4. The zero-order valence-corrected chi connectivity index (χ0v) is 19.0. The van der Waals surface area contributed by atoms with Crippen molar-refractivity contribution in [2.75, 3.05) is 22.7 Å². The van der Waals surface area contributed by atoms with Crippen LogP contribution in [0.25, 0.3) is 11.1 Å². The van der Waals surface area contributed by atoms with Gasteiger partial charge in [0.25, 0.3) is 15.9 Å². The van der Waals surface area contributed by atoms with Crippen LogP contribution in [0.5, 0.6) is 0 Å². The van der Waals surface area contributed by atoms with E-state index in [2.05, 4.69) is 17.2 Å². The van der Waals surface area contributed by atoms with Gasteiger partial charge in [-0.05, 0) is 36.4 Å². The number of nitrogens with one attached hydrogen (secondary N) is 2. The van der Waals surface area contributed by atoms with Gasteiger partial charge in [0.1, 0.15) is 6.54 Å². The summed E-state index contributed by atoms with van der Waals surface area (Å²) < 4.78 is 27.8. The van der Waals surface area contributed by atoms with Gasteiger partial charge in [0, 0.05) is 22.7 Å². The van der Waals surface area contributed by atoms with Gasteiger partial charge in [-0.1, -0.05) is 48.0 Å². The molecule has 0 saturated heterocycles. The van der Waals surface area contributed by atoms with Gasteiger partial charge in [0.05, 0.1) is 21.8 Å². The first-order valence-electron chi connectivity index (χ1n) is 10.0. The van der Waals surface area contributed by atoms with Crippen molar-refractivity contribution in [2.24, 2.45) is 0 Å². The van der Waals surface area contributed by atoms with Gasteiger partial charge in [0.2, 0.25) is 5.91 Å². The lowest BCUT2D eigenvalue weighted by Crippen LogP contribution is -2.40. The van der Waals surface area contributed by atoms with Crippen molar-refractivity contribution < 1.29 is 18.0 Å².